The average Bonchev–Trinajstić information content (AvgIpc) is 3.23. The fourth-order valence-corrected chi connectivity index (χ4v) is 5.57. The Balaban J connectivity index is 1.40. The summed E-state index contributed by atoms with van der Waals surface area (Å²) in [5.74, 6) is -0.237. The molecule has 1 N–H and O–H groups in total. The molecule has 1 aromatic carbocycles. The van der Waals surface area contributed by atoms with E-state index in [0.717, 1.165) is 62.3 Å². The quantitative estimate of drug-likeness (QED) is 0.356. The van der Waals surface area contributed by atoms with E-state index >= 15 is 0 Å². The van der Waals surface area contributed by atoms with Gasteiger partial charge >= 0.3 is 6.18 Å². The Morgan fingerprint density at radius 3 is 2.78 bits per heavy atom. The maximum Gasteiger partial charge on any atom is 0.433 e. The van der Waals surface area contributed by atoms with E-state index in [9.17, 15) is 18.3 Å². The van der Waals surface area contributed by atoms with Crippen LogP contribution in [0.3, 0.4) is 0 Å². The van der Waals surface area contributed by atoms with Crippen LogP contribution in [0.2, 0.25) is 5.02 Å². The first-order chi connectivity index (χ1) is 17.2. The Morgan fingerprint density at radius 1 is 1.19 bits per heavy atom. The van der Waals surface area contributed by atoms with E-state index in [1.54, 1.807) is 10.7 Å². The summed E-state index contributed by atoms with van der Waals surface area (Å²) in [4.78, 5) is 8.35. The molecule has 2 heterocycles. The number of nitrogens with zero attached hydrogens (tertiary/aromatic N) is 4. The van der Waals surface area contributed by atoms with Crippen molar-refractivity contribution < 1.29 is 18.3 Å². The van der Waals surface area contributed by atoms with Crippen LogP contribution in [0.25, 0.3) is 10.9 Å². The third-order valence-electron chi connectivity index (χ3n) is 7.09. The van der Waals surface area contributed by atoms with Crippen LogP contribution in [-0.4, -0.2) is 32.7 Å². The van der Waals surface area contributed by atoms with Gasteiger partial charge in [-0.25, -0.2) is 4.98 Å². The maximum absolute atomic E-state index is 13.5. The monoisotopic (exact) mass is 518 g/mol. The Labute approximate surface area is 212 Å². The number of nitrogens with one attached hydrogen (secondary N) is 1. The van der Waals surface area contributed by atoms with E-state index in [-0.39, 0.29) is 23.5 Å². The summed E-state index contributed by atoms with van der Waals surface area (Å²) in [5.41, 5.74) is 2.25. The molecular weight excluding hydrogens is 491 g/mol. The van der Waals surface area contributed by atoms with Gasteiger partial charge in [-0.1, -0.05) is 11.6 Å². The molecule has 36 heavy (non-hydrogen) atoms. The van der Waals surface area contributed by atoms with Crippen molar-refractivity contribution in [2.75, 3.05) is 5.32 Å². The van der Waals surface area contributed by atoms with Gasteiger partial charge in [0.15, 0.2) is 0 Å². The zero-order valence-electron chi connectivity index (χ0n) is 20.0. The Hall–Kier alpha value is -2.81. The van der Waals surface area contributed by atoms with Crippen LogP contribution in [0.4, 0.5) is 18.9 Å². The van der Waals surface area contributed by atoms with Gasteiger partial charge in [0.1, 0.15) is 5.69 Å². The van der Waals surface area contributed by atoms with Crippen molar-refractivity contribution in [1.29, 1.82) is 0 Å². The van der Waals surface area contributed by atoms with Gasteiger partial charge in [0.25, 0.3) is 0 Å². The van der Waals surface area contributed by atoms with Gasteiger partial charge in [0.05, 0.1) is 22.9 Å². The van der Waals surface area contributed by atoms with Gasteiger partial charge < -0.3 is 10.4 Å². The molecule has 0 aliphatic heterocycles. The van der Waals surface area contributed by atoms with Crippen molar-refractivity contribution in [2.45, 2.75) is 83.1 Å². The zero-order valence-corrected chi connectivity index (χ0v) is 20.8. The van der Waals surface area contributed by atoms with Gasteiger partial charge in [-0.15, -0.1) is 0 Å². The third-order valence-corrected chi connectivity index (χ3v) is 7.33. The summed E-state index contributed by atoms with van der Waals surface area (Å²) in [7, 11) is 0. The minimum Gasteiger partial charge on any atom is -0.857 e. The lowest BCUT2D eigenvalue weighted by atomic mass is 9.90. The lowest BCUT2D eigenvalue weighted by Crippen LogP contribution is -2.32. The fourth-order valence-electron chi connectivity index (χ4n) is 5.40. The Morgan fingerprint density at radius 2 is 2.00 bits per heavy atom. The maximum atomic E-state index is 13.5. The van der Waals surface area contributed by atoms with E-state index in [0.29, 0.717) is 34.8 Å². The average molecular weight is 519 g/mol. The standard InChI is InChI=1S/C26H29ClF3N5O/c1-2-35-24(18-8-3-4-9-21(18)34-35)25(36)32-17-7-5-6-16(13-17)31-22-14-23(26(28,29)30)33-20-11-10-15(27)12-19(20)22/h10-12,14,16-17H,2-9,13H2,1H3,(H,31,33)(H,32,36)/p-1/t16-,17?/m0/s1. The summed E-state index contributed by atoms with van der Waals surface area (Å²) >= 11 is 6.13. The van der Waals surface area contributed by atoms with Crippen LogP contribution in [0.1, 0.15) is 68.1 Å². The predicted molar refractivity (Wildman–Crippen MR) is 133 cm³/mol. The number of benzene rings is 1. The number of halogens is 4. The molecule has 5 rings (SSSR count). The van der Waals surface area contributed by atoms with E-state index < -0.39 is 11.9 Å². The summed E-state index contributed by atoms with van der Waals surface area (Å²) in [5, 5.41) is 22.1. The molecule has 1 fully saturated rings. The first-order valence-electron chi connectivity index (χ1n) is 12.5. The van der Waals surface area contributed by atoms with Crippen molar-refractivity contribution >= 4 is 34.1 Å². The van der Waals surface area contributed by atoms with Gasteiger partial charge in [0.2, 0.25) is 0 Å². The van der Waals surface area contributed by atoms with E-state index in [1.807, 2.05) is 6.92 Å². The first kappa shape index (κ1) is 24.9. The van der Waals surface area contributed by atoms with Crippen molar-refractivity contribution in [3.05, 3.63) is 51.9 Å². The van der Waals surface area contributed by atoms with Crippen LogP contribution < -0.4 is 10.4 Å². The summed E-state index contributed by atoms with van der Waals surface area (Å²) in [6, 6.07) is 5.35. The van der Waals surface area contributed by atoms with Gasteiger partial charge in [0, 0.05) is 40.1 Å². The van der Waals surface area contributed by atoms with E-state index in [4.69, 9.17) is 11.6 Å². The number of anilines is 1. The number of rotatable bonds is 5. The van der Waals surface area contributed by atoms with Gasteiger partial charge in [-0.2, -0.15) is 18.3 Å². The number of hydrogen-bond acceptors (Lipinski definition) is 5. The Bertz CT molecular complexity index is 1300. The molecule has 3 aromatic rings. The molecule has 192 valence electrons. The van der Waals surface area contributed by atoms with Crippen LogP contribution in [0.15, 0.2) is 29.3 Å². The van der Waals surface area contributed by atoms with Crippen molar-refractivity contribution in [1.82, 2.24) is 14.8 Å². The van der Waals surface area contributed by atoms with Crippen molar-refractivity contribution in [3.8, 4) is 0 Å². The first-order valence-corrected chi connectivity index (χ1v) is 12.9. The molecule has 2 atom stereocenters. The van der Waals surface area contributed by atoms with E-state index in [2.05, 4.69) is 20.4 Å². The third kappa shape index (κ3) is 5.03. The number of pyridine rings is 1. The van der Waals surface area contributed by atoms with Gasteiger partial charge in [-0.05, 0) is 82.6 Å². The summed E-state index contributed by atoms with van der Waals surface area (Å²) in [6.07, 6.45) is 2.21. The molecule has 0 saturated heterocycles. The fraction of sp³-hybridized carbons (Fsp3) is 0.500. The molecule has 6 nitrogen and oxygen atoms in total. The molecule has 0 spiro atoms. The molecular formula is C26H28ClF3N5O-. The smallest absolute Gasteiger partial charge is 0.433 e. The lowest BCUT2D eigenvalue weighted by Gasteiger charge is -2.30. The van der Waals surface area contributed by atoms with Gasteiger partial charge in [-0.3, -0.25) is 9.67 Å². The molecule has 0 radical (unpaired) electrons. The lowest BCUT2D eigenvalue weighted by molar-refractivity contribution is -0.214. The highest BCUT2D eigenvalue weighted by atomic mass is 35.5. The Kier molecular flexibility index (Phi) is 6.85. The minimum absolute atomic E-state index is 0.129. The molecule has 10 heteroatoms. The topological polar surface area (TPSA) is 78.2 Å². The zero-order chi connectivity index (χ0) is 25.4. The molecule has 0 amide bonds. The molecule has 2 aliphatic rings. The SMILES string of the molecule is CCn1nc2c(c1C([O-])=NC1CCC[C@H](Nc3cc(C(F)(F)F)nc4ccc(Cl)cc34)C1)CCCC2. The van der Waals surface area contributed by atoms with Crippen LogP contribution in [0, 0.1) is 0 Å². The van der Waals surface area contributed by atoms with E-state index in [1.165, 1.54) is 12.1 Å². The highest BCUT2D eigenvalue weighted by Crippen LogP contribution is 2.35. The van der Waals surface area contributed by atoms with Crippen LogP contribution in [0.5, 0.6) is 0 Å². The second-order valence-electron chi connectivity index (χ2n) is 9.61. The van der Waals surface area contributed by atoms with Crippen molar-refractivity contribution in [2.24, 2.45) is 4.99 Å². The number of aliphatic imine (C=N–C) groups is 1. The second-order valence-corrected chi connectivity index (χ2v) is 10.0. The normalized spacial score (nSPS) is 21.0. The number of aromatic nitrogens is 3. The predicted octanol–water partition coefficient (Wildman–Crippen LogP) is 5.53. The number of hydrogen-bond donors (Lipinski definition) is 1. The van der Waals surface area contributed by atoms with Crippen LogP contribution in [-0.2, 0) is 25.6 Å². The second kappa shape index (κ2) is 9.92. The molecule has 2 aliphatic carbocycles. The van der Waals surface area contributed by atoms with Crippen molar-refractivity contribution in [3.63, 3.8) is 0 Å². The summed E-state index contributed by atoms with van der Waals surface area (Å²) < 4.78 is 42.3. The number of aryl methyl sites for hydroxylation is 2. The molecule has 1 unspecified atom stereocenters. The molecule has 2 aromatic heterocycles. The minimum atomic E-state index is -4.57. The largest absolute Gasteiger partial charge is 0.857 e. The molecule has 1 saturated carbocycles. The number of alkyl halides is 3. The van der Waals surface area contributed by atoms with Crippen LogP contribution >= 0.6 is 11.6 Å². The highest BCUT2D eigenvalue weighted by molar-refractivity contribution is 6.31. The highest BCUT2D eigenvalue weighted by Gasteiger charge is 2.34. The summed E-state index contributed by atoms with van der Waals surface area (Å²) in [6.45, 7) is 2.58. The molecule has 0 bridgehead atoms. The number of fused-ring (bicyclic) bond motifs is 2.